The molecule has 2 saturated heterocycles. The molecular weight excluding hydrogens is 1020 g/mol. The molecule has 0 bridgehead atoms. The lowest BCUT2D eigenvalue weighted by Crippen LogP contribution is -2.61. The quantitative estimate of drug-likeness (QED) is 0.0898. The summed E-state index contributed by atoms with van der Waals surface area (Å²) in [6, 6.07) is -0.975. The number of hydrogen-bond acceptors (Lipinski definition) is 15. The lowest BCUT2D eigenvalue weighted by Gasteiger charge is -2.40. The van der Waals surface area contributed by atoms with Crippen molar-refractivity contribution in [2.24, 2.45) is 58.8 Å². The molecule has 1 aromatic heterocycles. The van der Waals surface area contributed by atoms with E-state index in [0.717, 1.165) is 71.5 Å². The van der Waals surface area contributed by atoms with E-state index in [1.807, 2.05) is 32.6 Å². The van der Waals surface area contributed by atoms with Crippen molar-refractivity contribution in [1.82, 2.24) is 61.6 Å². The molecule has 25 heteroatoms. The van der Waals surface area contributed by atoms with Crippen LogP contribution in [0.15, 0.2) is 4.52 Å². The van der Waals surface area contributed by atoms with Gasteiger partial charge in [0.1, 0.15) is 12.1 Å². The number of carbonyl (C=O) groups is 10. The lowest BCUT2D eigenvalue weighted by atomic mass is 10.1. The molecule has 3 heterocycles. The highest BCUT2D eigenvalue weighted by molar-refractivity contribution is 5.89. The van der Waals surface area contributed by atoms with E-state index in [-0.39, 0.29) is 101 Å². The van der Waals surface area contributed by atoms with E-state index in [1.54, 1.807) is 69.5 Å². The maximum Gasteiger partial charge on any atom is 0.316 e. The second kappa shape index (κ2) is 37.6. The monoisotopic (exact) mass is 1120 g/mol. The summed E-state index contributed by atoms with van der Waals surface area (Å²) < 4.78 is 4.78. The number of carbonyl (C=O) groups excluding carboxylic acids is 10. The minimum Gasteiger partial charge on any atom is -0.368 e. The predicted molar refractivity (Wildman–Crippen MR) is 301 cm³/mol. The highest BCUT2D eigenvalue weighted by Crippen LogP contribution is 2.32. The first-order chi connectivity index (χ1) is 36.7. The van der Waals surface area contributed by atoms with Crippen molar-refractivity contribution < 1.29 is 52.5 Å². The molecule has 2 aliphatic heterocycles. The highest BCUT2D eigenvalue weighted by Gasteiger charge is 2.39. The van der Waals surface area contributed by atoms with Gasteiger partial charge >= 0.3 is 11.8 Å². The summed E-state index contributed by atoms with van der Waals surface area (Å²) in [5, 5.41) is 19.9. The average molecular weight is 1120 g/mol. The SMILES string of the molecule is CC(C)C(=O)NC1CN(C(=O)C2CC2)C1.CC(C)C(=O)NCCN1CCN(C)CC1.CC(C)C(=O)NCc1noc(C(=O)N(C)C)n1.CC(C)C(=O)N[C@@H](C)C(N)=O.CC(C)C(=O)N[C@H](C)C(N)=O.CC(C)CNC(=O)C1CC1. The number of nitrogens with one attached hydrogen (secondary N) is 6. The fourth-order valence-electron chi connectivity index (χ4n) is 5.99. The zero-order chi connectivity index (χ0) is 60.9. The number of nitrogens with zero attached hydrogens (tertiary/aromatic N) is 6. The Hall–Kier alpha value is -6.24. The first-order valence-electron chi connectivity index (χ1n) is 27.7. The number of aromatic nitrogens is 2. The summed E-state index contributed by atoms with van der Waals surface area (Å²) in [7, 11) is 5.33. The summed E-state index contributed by atoms with van der Waals surface area (Å²) in [5.41, 5.74) is 9.86. The van der Waals surface area contributed by atoms with Crippen LogP contribution in [-0.4, -0.2) is 187 Å². The van der Waals surface area contributed by atoms with Gasteiger partial charge in [0, 0.05) is 114 Å². The zero-order valence-corrected chi connectivity index (χ0v) is 50.6. The number of hydrogen-bond donors (Lipinski definition) is 8. The van der Waals surface area contributed by atoms with Gasteiger partial charge in [0.15, 0.2) is 5.82 Å². The Morgan fingerprint density at radius 2 is 1.05 bits per heavy atom. The van der Waals surface area contributed by atoms with E-state index in [0.29, 0.717) is 30.8 Å². The van der Waals surface area contributed by atoms with Crippen molar-refractivity contribution in [1.29, 1.82) is 0 Å². The highest BCUT2D eigenvalue weighted by atomic mass is 16.5. The largest absolute Gasteiger partial charge is 0.368 e. The molecule has 10 N–H and O–H groups in total. The van der Waals surface area contributed by atoms with Crippen LogP contribution in [0.3, 0.4) is 0 Å². The topological polar surface area (TPSA) is 347 Å². The van der Waals surface area contributed by atoms with Crippen molar-refractivity contribution in [2.45, 2.75) is 147 Å². The average Bonchev–Trinajstić information content (AvgIpc) is 4.32. The van der Waals surface area contributed by atoms with Gasteiger partial charge in [-0.05, 0) is 52.5 Å². The van der Waals surface area contributed by atoms with Gasteiger partial charge in [0.2, 0.25) is 53.2 Å². The van der Waals surface area contributed by atoms with Crippen LogP contribution in [-0.2, 0) is 49.7 Å². The first kappa shape index (κ1) is 72.8. The second-order valence-electron chi connectivity index (χ2n) is 22.5. The molecule has 2 saturated carbocycles. The number of likely N-dealkylation sites (tertiary alicyclic amines) is 1. The summed E-state index contributed by atoms with van der Waals surface area (Å²) in [5.74, 6) is 0.191. The molecule has 79 heavy (non-hydrogen) atoms. The van der Waals surface area contributed by atoms with Crippen molar-refractivity contribution in [3.8, 4) is 0 Å². The molecule has 2 aliphatic carbocycles. The molecule has 10 amide bonds. The van der Waals surface area contributed by atoms with Crippen LogP contribution in [0.25, 0.3) is 0 Å². The number of amides is 10. The van der Waals surface area contributed by atoms with Gasteiger partial charge in [-0.15, -0.1) is 0 Å². The third-order valence-electron chi connectivity index (χ3n) is 12.1. The molecule has 0 spiro atoms. The van der Waals surface area contributed by atoms with Gasteiger partial charge in [0.25, 0.3) is 0 Å². The maximum absolute atomic E-state index is 11.6. The Kier molecular flexibility index (Phi) is 34.6. The number of nitrogens with two attached hydrogens (primary N) is 2. The normalized spacial score (nSPS) is 15.8. The smallest absolute Gasteiger partial charge is 0.316 e. The third kappa shape index (κ3) is 33.1. The number of rotatable bonds is 20. The predicted octanol–water partition coefficient (Wildman–Crippen LogP) is 0.862. The van der Waals surface area contributed by atoms with E-state index in [4.69, 9.17) is 16.0 Å². The van der Waals surface area contributed by atoms with E-state index in [9.17, 15) is 47.9 Å². The molecule has 452 valence electrons. The van der Waals surface area contributed by atoms with Crippen LogP contribution >= 0.6 is 0 Å². The van der Waals surface area contributed by atoms with Crippen LogP contribution in [0.1, 0.15) is 139 Å². The van der Waals surface area contributed by atoms with Gasteiger partial charge < -0.3 is 62.6 Å². The second-order valence-corrected chi connectivity index (χ2v) is 22.5. The van der Waals surface area contributed by atoms with Gasteiger partial charge in [-0.3, -0.25) is 52.8 Å². The van der Waals surface area contributed by atoms with Crippen LogP contribution in [0.5, 0.6) is 0 Å². The molecule has 1 aromatic rings. The number of piperazine rings is 1. The summed E-state index contributed by atoms with van der Waals surface area (Å²) in [6.45, 7) is 34.2. The number of primary amides is 2. The van der Waals surface area contributed by atoms with Gasteiger partial charge in [0.05, 0.1) is 12.6 Å². The summed E-state index contributed by atoms with van der Waals surface area (Å²) in [6.07, 6.45) is 4.31. The molecule has 5 rings (SSSR count). The van der Waals surface area contributed by atoms with Crippen molar-refractivity contribution in [3.05, 3.63) is 11.7 Å². The molecule has 0 unspecified atom stereocenters. The Morgan fingerprint density at radius 3 is 1.44 bits per heavy atom. The van der Waals surface area contributed by atoms with E-state index >= 15 is 0 Å². The first-order valence-corrected chi connectivity index (χ1v) is 27.7. The van der Waals surface area contributed by atoms with Gasteiger partial charge in [-0.2, -0.15) is 4.98 Å². The van der Waals surface area contributed by atoms with Gasteiger partial charge in [-0.1, -0.05) is 88.2 Å². The number of likely N-dealkylation sites (N-methyl/N-ethyl adjacent to an activating group) is 1. The van der Waals surface area contributed by atoms with Crippen LogP contribution in [0.2, 0.25) is 0 Å². The van der Waals surface area contributed by atoms with Crippen LogP contribution in [0, 0.1) is 47.3 Å². The van der Waals surface area contributed by atoms with Crippen LogP contribution in [0.4, 0.5) is 0 Å². The van der Waals surface area contributed by atoms with Gasteiger partial charge in [-0.25, -0.2) is 0 Å². The summed E-state index contributed by atoms with van der Waals surface area (Å²) in [4.78, 5) is 123. The molecule has 0 radical (unpaired) electrons. The van der Waals surface area contributed by atoms with Crippen molar-refractivity contribution >= 4 is 59.1 Å². The fourth-order valence-corrected chi connectivity index (χ4v) is 5.99. The molecule has 2 atom stereocenters. The minimum absolute atomic E-state index is 0.0261. The Bertz CT molecular complexity index is 2030. The molecular formula is C54H100N14O11. The zero-order valence-electron chi connectivity index (χ0n) is 50.6. The Morgan fingerprint density at radius 1 is 0.608 bits per heavy atom. The minimum atomic E-state index is -0.579. The fraction of sp³-hybridized carbons (Fsp3) is 0.778. The van der Waals surface area contributed by atoms with Crippen molar-refractivity contribution in [2.75, 3.05) is 80.0 Å². The molecule has 4 fully saturated rings. The van der Waals surface area contributed by atoms with E-state index in [1.165, 1.54) is 4.90 Å². The third-order valence-corrected chi connectivity index (χ3v) is 12.1. The molecule has 25 nitrogen and oxygen atoms in total. The lowest BCUT2D eigenvalue weighted by molar-refractivity contribution is -0.139. The van der Waals surface area contributed by atoms with E-state index < -0.39 is 23.9 Å². The standard InChI is InChI=1S/C11H23N3O.C11H18N2O2.C10H16N4O3.C8H15NO.2C7H14N2O2/c1-10(2)11(15)12-4-5-14-8-6-13(3)7-9-14;1-7(2)10(14)12-9-5-13(6-9)11(15)8-3-4-8;1-6(2)8(15)11-5-7-12-9(17-13-7)10(16)14(3)4;1-6(2)5-9-8(10)7-3-4-7;2*1-4(2)7(11)9-5(3)6(8)10/h10H,4-9H2,1-3H3,(H,12,15);7-9H,3-6H2,1-2H3,(H,12,14);6H,5H2,1-4H3,(H,11,15);6-7H,3-5H2,1-2H3,(H,9,10);2*4-5H,1-3H3,(H2,8,10)(H,9,11)/t;;;;2*5-/m....10/s1. The summed E-state index contributed by atoms with van der Waals surface area (Å²) >= 11 is 0. The Labute approximate surface area is 469 Å². The molecule has 4 aliphatic rings. The van der Waals surface area contributed by atoms with Crippen molar-refractivity contribution in [3.63, 3.8) is 0 Å². The van der Waals surface area contributed by atoms with Crippen LogP contribution < -0.4 is 43.4 Å². The van der Waals surface area contributed by atoms with E-state index in [2.05, 4.69) is 72.7 Å². The molecule has 0 aromatic carbocycles. The maximum atomic E-state index is 11.6. The Balaban J connectivity index is 0.000000934.